The second kappa shape index (κ2) is 8.11. The molecule has 8 nitrogen and oxygen atoms in total. The molecule has 0 aliphatic rings. The van der Waals surface area contributed by atoms with Gasteiger partial charge in [0.1, 0.15) is 11.5 Å². The molecule has 0 spiro atoms. The number of amides is 1. The lowest BCUT2D eigenvalue weighted by Gasteiger charge is -2.14. The third-order valence-corrected chi connectivity index (χ3v) is 3.62. The van der Waals surface area contributed by atoms with Crippen molar-refractivity contribution in [3.05, 3.63) is 41.5 Å². The number of carbonyl (C=O) groups excluding carboxylic acids is 1. The molecule has 0 heterocycles. The van der Waals surface area contributed by atoms with Gasteiger partial charge in [-0.3, -0.25) is 4.79 Å². The van der Waals surface area contributed by atoms with E-state index in [-0.39, 0.29) is 28.3 Å². The molecule has 0 aliphatic heterocycles. The molecule has 0 radical (unpaired) electrons. The minimum atomic E-state index is -1.22. The lowest BCUT2D eigenvalue weighted by Crippen LogP contribution is -2.15. The van der Waals surface area contributed by atoms with E-state index in [0.29, 0.717) is 11.5 Å². The molecule has 2 aromatic rings. The van der Waals surface area contributed by atoms with Gasteiger partial charge in [0, 0.05) is 23.8 Å². The molecular weight excluding hydrogens is 342 g/mol. The molecule has 0 atom stereocenters. The SMILES string of the molecule is COc1cc(OC)cc(C(=O)Nc2cc(OC)c(OC)cc2C(=O)O)c1. The van der Waals surface area contributed by atoms with Gasteiger partial charge in [-0.15, -0.1) is 0 Å². The summed E-state index contributed by atoms with van der Waals surface area (Å²) in [4.78, 5) is 24.1. The Morgan fingerprint density at radius 3 is 1.81 bits per heavy atom. The van der Waals surface area contributed by atoms with Crippen LogP contribution in [-0.2, 0) is 0 Å². The highest BCUT2D eigenvalue weighted by atomic mass is 16.5. The van der Waals surface area contributed by atoms with Crippen LogP contribution >= 0.6 is 0 Å². The molecular formula is C18H19NO7. The monoisotopic (exact) mass is 361 g/mol. The Hall–Kier alpha value is -3.42. The van der Waals surface area contributed by atoms with Gasteiger partial charge in [-0.05, 0) is 12.1 Å². The number of hydrogen-bond acceptors (Lipinski definition) is 6. The number of benzene rings is 2. The van der Waals surface area contributed by atoms with E-state index in [9.17, 15) is 14.7 Å². The Labute approximate surface area is 150 Å². The molecule has 0 saturated heterocycles. The highest BCUT2D eigenvalue weighted by Gasteiger charge is 2.19. The van der Waals surface area contributed by atoms with E-state index in [2.05, 4.69) is 5.32 Å². The molecule has 2 rings (SSSR count). The van der Waals surface area contributed by atoms with Gasteiger partial charge in [0.15, 0.2) is 11.5 Å². The molecule has 2 N–H and O–H groups in total. The number of nitrogens with one attached hydrogen (secondary N) is 1. The van der Waals surface area contributed by atoms with Crippen molar-refractivity contribution in [1.82, 2.24) is 0 Å². The average Bonchev–Trinajstić information content (AvgIpc) is 2.66. The standard InChI is InChI=1S/C18H19NO7/c1-23-11-5-10(6-12(7-11)24-2)17(20)19-14-9-16(26-4)15(25-3)8-13(14)18(21)22/h5-9H,1-4H3,(H,19,20)(H,21,22). The van der Waals surface area contributed by atoms with E-state index >= 15 is 0 Å². The maximum absolute atomic E-state index is 12.6. The van der Waals surface area contributed by atoms with Gasteiger partial charge in [-0.2, -0.15) is 0 Å². The van der Waals surface area contributed by atoms with E-state index in [0.717, 1.165) is 0 Å². The highest BCUT2D eigenvalue weighted by Crippen LogP contribution is 2.34. The fourth-order valence-electron chi connectivity index (χ4n) is 2.29. The number of carboxylic acids is 1. The number of aromatic carboxylic acids is 1. The first-order valence-corrected chi connectivity index (χ1v) is 7.47. The van der Waals surface area contributed by atoms with E-state index in [1.54, 1.807) is 6.07 Å². The quantitative estimate of drug-likeness (QED) is 0.781. The van der Waals surface area contributed by atoms with Crippen LogP contribution in [-0.4, -0.2) is 45.4 Å². The molecule has 1 amide bonds. The van der Waals surface area contributed by atoms with Gasteiger partial charge in [0.25, 0.3) is 5.91 Å². The summed E-state index contributed by atoms with van der Waals surface area (Å²) in [5, 5.41) is 12.0. The number of rotatable bonds is 7. The van der Waals surface area contributed by atoms with Crippen molar-refractivity contribution in [2.45, 2.75) is 0 Å². The van der Waals surface area contributed by atoms with Gasteiger partial charge in [0.05, 0.1) is 39.7 Å². The number of hydrogen-bond donors (Lipinski definition) is 2. The first-order valence-electron chi connectivity index (χ1n) is 7.47. The first kappa shape index (κ1) is 18.9. The van der Waals surface area contributed by atoms with Gasteiger partial charge < -0.3 is 29.4 Å². The summed E-state index contributed by atoms with van der Waals surface area (Å²) in [6.07, 6.45) is 0. The average molecular weight is 361 g/mol. The maximum Gasteiger partial charge on any atom is 0.337 e. The lowest BCUT2D eigenvalue weighted by molar-refractivity contribution is 0.0697. The molecule has 2 aromatic carbocycles. The largest absolute Gasteiger partial charge is 0.497 e. The summed E-state index contributed by atoms with van der Waals surface area (Å²) in [6, 6.07) is 7.31. The zero-order valence-electron chi connectivity index (χ0n) is 14.8. The molecule has 0 aliphatic carbocycles. The molecule has 26 heavy (non-hydrogen) atoms. The minimum absolute atomic E-state index is 0.0712. The van der Waals surface area contributed by atoms with Gasteiger partial charge in [0.2, 0.25) is 0 Å². The first-order chi connectivity index (χ1) is 12.4. The van der Waals surface area contributed by atoms with Gasteiger partial charge in [-0.25, -0.2) is 4.79 Å². The van der Waals surface area contributed by atoms with Crippen LogP contribution in [0.2, 0.25) is 0 Å². The second-order valence-corrected chi connectivity index (χ2v) is 5.11. The van der Waals surface area contributed by atoms with Gasteiger partial charge in [-0.1, -0.05) is 0 Å². The Kier molecular flexibility index (Phi) is 5.90. The van der Waals surface area contributed by atoms with Crippen molar-refractivity contribution in [3.63, 3.8) is 0 Å². The fraction of sp³-hybridized carbons (Fsp3) is 0.222. The van der Waals surface area contributed by atoms with Crippen molar-refractivity contribution < 1.29 is 33.6 Å². The van der Waals surface area contributed by atoms with Gasteiger partial charge >= 0.3 is 5.97 Å². The molecule has 0 fully saturated rings. The summed E-state index contributed by atoms with van der Waals surface area (Å²) >= 11 is 0. The zero-order valence-corrected chi connectivity index (χ0v) is 14.8. The molecule has 138 valence electrons. The van der Waals surface area contributed by atoms with Crippen LogP contribution in [0.5, 0.6) is 23.0 Å². The Bertz CT molecular complexity index is 810. The van der Waals surface area contributed by atoms with E-state index in [4.69, 9.17) is 18.9 Å². The Balaban J connectivity index is 2.44. The Morgan fingerprint density at radius 2 is 1.35 bits per heavy atom. The normalized spacial score (nSPS) is 10.0. The fourth-order valence-corrected chi connectivity index (χ4v) is 2.29. The zero-order chi connectivity index (χ0) is 19.3. The third kappa shape index (κ3) is 3.97. The van der Waals surface area contributed by atoms with Crippen LogP contribution in [0.15, 0.2) is 30.3 Å². The predicted molar refractivity (Wildman–Crippen MR) is 94.0 cm³/mol. The van der Waals surface area contributed by atoms with Crippen molar-refractivity contribution in [2.75, 3.05) is 33.8 Å². The molecule has 8 heteroatoms. The van der Waals surface area contributed by atoms with Crippen LogP contribution in [0.3, 0.4) is 0 Å². The number of carboxylic acid groups (broad SMARTS) is 1. The smallest absolute Gasteiger partial charge is 0.337 e. The number of carbonyl (C=O) groups is 2. The third-order valence-electron chi connectivity index (χ3n) is 3.62. The molecule has 0 bridgehead atoms. The summed E-state index contributed by atoms with van der Waals surface area (Å²) in [5.41, 5.74) is 0.181. The molecule has 0 aromatic heterocycles. The Morgan fingerprint density at radius 1 is 0.808 bits per heavy atom. The van der Waals surface area contributed by atoms with E-state index < -0.39 is 11.9 Å². The van der Waals surface area contributed by atoms with Crippen molar-refractivity contribution >= 4 is 17.6 Å². The summed E-state index contributed by atoms with van der Waals surface area (Å²) < 4.78 is 20.5. The summed E-state index contributed by atoms with van der Waals surface area (Å²) in [7, 11) is 5.74. The van der Waals surface area contributed by atoms with Crippen LogP contribution in [0.4, 0.5) is 5.69 Å². The van der Waals surface area contributed by atoms with Crippen LogP contribution in [0.1, 0.15) is 20.7 Å². The number of ether oxygens (including phenoxy) is 4. The second-order valence-electron chi connectivity index (χ2n) is 5.11. The topological polar surface area (TPSA) is 103 Å². The van der Waals surface area contributed by atoms with Crippen molar-refractivity contribution in [3.8, 4) is 23.0 Å². The molecule has 0 saturated carbocycles. The van der Waals surface area contributed by atoms with Crippen molar-refractivity contribution in [1.29, 1.82) is 0 Å². The summed E-state index contributed by atoms with van der Waals surface area (Å²) in [6.45, 7) is 0. The van der Waals surface area contributed by atoms with Crippen molar-refractivity contribution in [2.24, 2.45) is 0 Å². The highest BCUT2D eigenvalue weighted by molar-refractivity contribution is 6.08. The number of methoxy groups -OCH3 is 4. The van der Waals surface area contributed by atoms with Crippen LogP contribution in [0.25, 0.3) is 0 Å². The lowest BCUT2D eigenvalue weighted by atomic mass is 10.1. The summed E-state index contributed by atoms with van der Waals surface area (Å²) in [5.74, 6) is -0.357. The predicted octanol–water partition coefficient (Wildman–Crippen LogP) is 2.67. The molecule has 0 unspecified atom stereocenters. The minimum Gasteiger partial charge on any atom is -0.497 e. The van der Waals surface area contributed by atoms with E-state index in [1.807, 2.05) is 0 Å². The van der Waals surface area contributed by atoms with Crippen LogP contribution < -0.4 is 24.3 Å². The number of anilines is 1. The van der Waals surface area contributed by atoms with Crippen LogP contribution in [0, 0.1) is 0 Å². The van der Waals surface area contributed by atoms with E-state index in [1.165, 1.54) is 52.7 Å². The maximum atomic E-state index is 12.6.